The SMILES string of the molecule is CC(NCCN)c1ccc(Cl)s1. The van der Waals surface area contributed by atoms with Gasteiger partial charge in [-0.1, -0.05) is 11.6 Å². The van der Waals surface area contributed by atoms with E-state index in [1.807, 2.05) is 12.1 Å². The number of halogens is 1. The number of hydrogen-bond acceptors (Lipinski definition) is 3. The molecule has 0 amide bonds. The number of rotatable bonds is 4. The lowest BCUT2D eigenvalue weighted by atomic mass is 10.3. The molecule has 3 N–H and O–H groups in total. The highest BCUT2D eigenvalue weighted by Gasteiger charge is 2.05. The van der Waals surface area contributed by atoms with Gasteiger partial charge < -0.3 is 11.1 Å². The number of nitrogens with two attached hydrogens (primary N) is 1. The molecule has 0 spiro atoms. The summed E-state index contributed by atoms with van der Waals surface area (Å²) < 4.78 is 0.839. The molecule has 1 atom stereocenters. The maximum absolute atomic E-state index is 5.80. The van der Waals surface area contributed by atoms with E-state index in [0.717, 1.165) is 10.9 Å². The van der Waals surface area contributed by atoms with Crippen LogP contribution in [0.15, 0.2) is 12.1 Å². The summed E-state index contributed by atoms with van der Waals surface area (Å²) in [6, 6.07) is 4.31. The molecule has 1 rings (SSSR count). The molecular weight excluding hydrogens is 192 g/mol. The summed E-state index contributed by atoms with van der Waals surface area (Å²) in [6.45, 7) is 3.62. The maximum atomic E-state index is 5.80. The standard InChI is InChI=1S/C8H13ClN2S/c1-6(11-5-4-10)7-2-3-8(9)12-7/h2-3,6,11H,4-5,10H2,1H3. The van der Waals surface area contributed by atoms with Gasteiger partial charge in [0, 0.05) is 24.0 Å². The fraction of sp³-hybridized carbons (Fsp3) is 0.500. The van der Waals surface area contributed by atoms with Crippen LogP contribution in [0.25, 0.3) is 0 Å². The normalized spacial score (nSPS) is 13.2. The second-order valence-electron chi connectivity index (χ2n) is 2.61. The molecule has 0 radical (unpaired) electrons. The maximum Gasteiger partial charge on any atom is 0.0931 e. The fourth-order valence-corrected chi connectivity index (χ4v) is 2.05. The van der Waals surface area contributed by atoms with Crippen LogP contribution in [-0.2, 0) is 0 Å². The molecular formula is C8H13ClN2S. The van der Waals surface area contributed by atoms with Gasteiger partial charge in [0.15, 0.2) is 0 Å². The third-order valence-corrected chi connectivity index (χ3v) is 3.03. The predicted octanol–water partition coefficient (Wildman–Crippen LogP) is 2.01. The Morgan fingerprint density at radius 3 is 2.92 bits per heavy atom. The van der Waals surface area contributed by atoms with E-state index < -0.39 is 0 Å². The van der Waals surface area contributed by atoms with Crippen molar-refractivity contribution in [2.75, 3.05) is 13.1 Å². The summed E-state index contributed by atoms with van der Waals surface area (Å²) >= 11 is 7.41. The van der Waals surface area contributed by atoms with E-state index in [2.05, 4.69) is 12.2 Å². The van der Waals surface area contributed by atoms with Crippen LogP contribution in [0.4, 0.5) is 0 Å². The van der Waals surface area contributed by atoms with Crippen molar-refractivity contribution < 1.29 is 0 Å². The quantitative estimate of drug-likeness (QED) is 0.788. The smallest absolute Gasteiger partial charge is 0.0931 e. The summed E-state index contributed by atoms with van der Waals surface area (Å²) in [5.41, 5.74) is 5.37. The molecule has 1 unspecified atom stereocenters. The molecule has 0 bridgehead atoms. The predicted molar refractivity (Wildman–Crippen MR) is 54.8 cm³/mol. The summed E-state index contributed by atoms with van der Waals surface area (Å²) in [7, 11) is 0. The Morgan fingerprint density at radius 2 is 2.42 bits per heavy atom. The van der Waals surface area contributed by atoms with Gasteiger partial charge in [-0.3, -0.25) is 0 Å². The Morgan fingerprint density at radius 1 is 1.67 bits per heavy atom. The van der Waals surface area contributed by atoms with Crippen molar-refractivity contribution in [2.24, 2.45) is 5.73 Å². The summed E-state index contributed by atoms with van der Waals surface area (Å²) in [5, 5.41) is 3.29. The largest absolute Gasteiger partial charge is 0.329 e. The van der Waals surface area contributed by atoms with Crippen LogP contribution in [0.3, 0.4) is 0 Å². The molecule has 0 aliphatic carbocycles. The van der Waals surface area contributed by atoms with Crippen LogP contribution >= 0.6 is 22.9 Å². The summed E-state index contributed by atoms with van der Waals surface area (Å²) in [5.74, 6) is 0. The third-order valence-electron chi connectivity index (χ3n) is 1.62. The van der Waals surface area contributed by atoms with Gasteiger partial charge >= 0.3 is 0 Å². The minimum absolute atomic E-state index is 0.353. The van der Waals surface area contributed by atoms with E-state index in [0.29, 0.717) is 12.6 Å². The van der Waals surface area contributed by atoms with Crippen molar-refractivity contribution in [1.82, 2.24) is 5.32 Å². The topological polar surface area (TPSA) is 38.0 Å². The highest BCUT2D eigenvalue weighted by Crippen LogP contribution is 2.26. The van der Waals surface area contributed by atoms with Crippen LogP contribution < -0.4 is 11.1 Å². The van der Waals surface area contributed by atoms with Crippen molar-refractivity contribution >= 4 is 22.9 Å². The van der Waals surface area contributed by atoms with Gasteiger partial charge in [-0.25, -0.2) is 0 Å². The van der Waals surface area contributed by atoms with Crippen LogP contribution in [0, 0.1) is 0 Å². The lowest BCUT2D eigenvalue weighted by Crippen LogP contribution is -2.24. The summed E-state index contributed by atoms with van der Waals surface area (Å²) in [4.78, 5) is 1.26. The second kappa shape index (κ2) is 4.82. The molecule has 0 aromatic carbocycles. The first-order chi connectivity index (χ1) is 5.74. The Labute approximate surface area is 81.7 Å². The Kier molecular flexibility index (Phi) is 4.01. The highest BCUT2D eigenvalue weighted by molar-refractivity contribution is 7.16. The third kappa shape index (κ3) is 2.75. The van der Waals surface area contributed by atoms with Crippen molar-refractivity contribution in [1.29, 1.82) is 0 Å². The van der Waals surface area contributed by atoms with E-state index in [4.69, 9.17) is 17.3 Å². The molecule has 1 heterocycles. The number of hydrogen-bond donors (Lipinski definition) is 2. The first-order valence-corrected chi connectivity index (χ1v) is 5.12. The van der Waals surface area contributed by atoms with E-state index in [1.165, 1.54) is 4.88 Å². The fourth-order valence-electron chi connectivity index (χ4n) is 0.961. The van der Waals surface area contributed by atoms with Crippen LogP contribution in [0.2, 0.25) is 4.34 Å². The Balaban J connectivity index is 2.47. The minimum Gasteiger partial charge on any atom is -0.329 e. The zero-order valence-corrected chi connectivity index (χ0v) is 8.58. The van der Waals surface area contributed by atoms with Gasteiger partial charge in [-0.2, -0.15) is 0 Å². The van der Waals surface area contributed by atoms with Gasteiger partial charge in [0.05, 0.1) is 4.34 Å². The molecule has 12 heavy (non-hydrogen) atoms. The van der Waals surface area contributed by atoms with E-state index in [9.17, 15) is 0 Å². The van der Waals surface area contributed by atoms with Crippen molar-refractivity contribution in [2.45, 2.75) is 13.0 Å². The minimum atomic E-state index is 0.353. The molecule has 4 heteroatoms. The van der Waals surface area contributed by atoms with Gasteiger partial charge in [0.2, 0.25) is 0 Å². The molecule has 0 aliphatic rings. The molecule has 0 aliphatic heterocycles. The van der Waals surface area contributed by atoms with Crippen molar-refractivity contribution in [3.05, 3.63) is 21.3 Å². The first-order valence-electron chi connectivity index (χ1n) is 3.92. The molecule has 0 fully saturated rings. The van der Waals surface area contributed by atoms with Crippen LogP contribution in [-0.4, -0.2) is 13.1 Å². The van der Waals surface area contributed by atoms with Gasteiger partial charge in [0.25, 0.3) is 0 Å². The van der Waals surface area contributed by atoms with E-state index in [-0.39, 0.29) is 0 Å². The average Bonchev–Trinajstić information content (AvgIpc) is 2.47. The zero-order chi connectivity index (χ0) is 8.97. The lowest BCUT2D eigenvalue weighted by molar-refractivity contribution is 0.590. The second-order valence-corrected chi connectivity index (χ2v) is 4.35. The molecule has 1 aromatic heterocycles. The molecule has 0 saturated heterocycles. The van der Waals surface area contributed by atoms with Crippen molar-refractivity contribution in [3.8, 4) is 0 Å². The lowest BCUT2D eigenvalue weighted by Gasteiger charge is -2.09. The highest BCUT2D eigenvalue weighted by atomic mass is 35.5. The first kappa shape index (κ1) is 9.99. The Hall–Kier alpha value is -0.0900. The van der Waals surface area contributed by atoms with Gasteiger partial charge in [0.1, 0.15) is 0 Å². The molecule has 0 saturated carbocycles. The zero-order valence-electron chi connectivity index (χ0n) is 7.01. The monoisotopic (exact) mass is 204 g/mol. The molecule has 2 nitrogen and oxygen atoms in total. The molecule has 68 valence electrons. The summed E-state index contributed by atoms with van der Waals surface area (Å²) in [6.07, 6.45) is 0. The van der Waals surface area contributed by atoms with Gasteiger partial charge in [-0.15, -0.1) is 11.3 Å². The van der Waals surface area contributed by atoms with E-state index >= 15 is 0 Å². The van der Waals surface area contributed by atoms with Gasteiger partial charge in [-0.05, 0) is 19.1 Å². The number of thiophene rings is 1. The molecule has 1 aromatic rings. The van der Waals surface area contributed by atoms with E-state index in [1.54, 1.807) is 11.3 Å². The number of nitrogens with one attached hydrogen (secondary N) is 1. The van der Waals surface area contributed by atoms with Crippen molar-refractivity contribution in [3.63, 3.8) is 0 Å². The average molecular weight is 205 g/mol. The van der Waals surface area contributed by atoms with Crippen LogP contribution in [0.1, 0.15) is 17.8 Å². The van der Waals surface area contributed by atoms with Crippen LogP contribution in [0.5, 0.6) is 0 Å². The Bertz CT molecular complexity index is 237.